The quantitative estimate of drug-likeness (QED) is 0.836. The van der Waals surface area contributed by atoms with Crippen molar-refractivity contribution in [3.63, 3.8) is 0 Å². The molecule has 0 aliphatic rings. The molecule has 0 spiro atoms. The molecule has 0 bridgehead atoms. The van der Waals surface area contributed by atoms with Crippen LogP contribution in [0.15, 0.2) is 42.5 Å². The molecule has 2 aromatic carbocycles. The van der Waals surface area contributed by atoms with Crippen molar-refractivity contribution in [3.8, 4) is 0 Å². The van der Waals surface area contributed by atoms with Gasteiger partial charge in [0.1, 0.15) is 11.2 Å². The van der Waals surface area contributed by atoms with Crippen LogP contribution < -0.4 is 10.6 Å². The summed E-state index contributed by atoms with van der Waals surface area (Å²) in [5.41, 5.74) is -1.14. The summed E-state index contributed by atoms with van der Waals surface area (Å²) in [4.78, 5) is 24.5. The van der Waals surface area contributed by atoms with Gasteiger partial charge in [0.2, 0.25) is 11.8 Å². The second-order valence-corrected chi connectivity index (χ2v) is 5.67. The first-order valence-electron chi connectivity index (χ1n) is 7.03. The first kappa shape index (κ1) is 17.5. The van der Waals surface area contributed by atoms with Gasteiger partial charge in [-0.05, 0) is 50.2 Å². The molecule has 24 heavy (non-hydrogen) atoms. The fraction of sp³-hybridized carbons (Fsp3) is 0.176. The molecule has 2 amide bonds. The van der Waals surface area contributed by atoms with Crippen LogP contribution in [0, 0.1) is 22.9 Å². The smallest absolute Gasteiger partial charge is 0.239 e. The number of benzene rings is 2. The fourth-order valence-electron chi connectivity index (χ4n) is 1.78. The Balaban J connectivity index is 2.09. The number of amides is 2. The number of hydrogen-bond acceptors (Lipinski definition) is 2. The molecule has 0 aromatic heterocycles. The third kappa shape index (κ3) is 3.92. The van der Waals surface area contributed by atoms with E-state index < -0.39 is 34.7 Å². The van der Waals surface area contributed by atoms with Crippen LogP contribution in [0.5, 0.6) is 0 Å². The van der Waals surface area contributed by atoms with Crippen LogP contribution in [0.3, 0.4) is 0 Å². The molecule has 0 heterocycles. The minimum Gasteiger partial charge on any atom is -0.325 e. The summed E-state index contributed by atoms with van der Waals surface area (Å²) in [6, 6.07) is 7.93. The van der Waals surface area contributed by atoms with E-state index in [0.29, 0.717) is 5.69 Å². The highest BCUT2D eigenvalue weighted by Gasteiger charge is 2.36. The van der Waals surface area contributed by atoms with E-state index >= 15 is 0 Å². The van der Waals surface area contributed by atoms with Crippen LogP contribution in [-0.4, -0.2) is 11.8 Å². The van der Waals surface area contributed by atoms with Gasteiger partial charge in [-0.25, -0.2) is 13.2 Å². The summed E-state index contributed by atoms with van der Waals surface area (Å²) in [6.45, 7) is 2.75. The van der Waals surface area contributed by atoms with Crippen LogP contribution in [0.2, 0.25) is 0 Å². The zero-order valence-electron chi connectivity index (χ0n) is 13.0. The molecule has 0 unspecified atom stereocenters. The summed E-state index contributed by atoms with van der Waals surface area (Å²) < 4.78 is 38.9. The van der Waals surface area contributed by atoms with Crippen molar-refractivity contribution in [1.82, 2.24) is 0 Å². The lowest BCUT2D eigenvalue weighted by molar-refractivity contribution is -0.135. The van der Waals surface area contributed by atoms with Gasteiger partial charge in [0.15, 0.2) is 11.6 Å². The summed E-state index contributed by atoms with van der Waals surface area (Å²) in [5, 5.41) is 4.86. The van der Waals surface area contributed by atoms with Gasteiger partial charge in [-0.1, -0.05) is 0 Å². The number of nitrogens with one attached hydrogen (secondary N) is 2. The van der Waals surface area contributed by atoms with E-state index in [0.717, 1.165) is 12.1 Å². The second kappa shape index (κ2) is 6.74. The molecular weight excluding hydrogens is 321 g/mol. The van der Waals surface area contributed by atoms with Crippen molar-refractivity contribution in [1.29, 1.82) is 0 Å². The Morgan fingerprint density at radius 1 is 0.792 bits per heavy atom. The number of rotatable bonds is 4. The summed E-state index contributed by atoms with van der Waals surface area (Å²) in [7, 11) is 0. The number of anilines is 2. The van der Waals surface area contributed by atoms with E-state index in [-0.39, 0.29) is 5.69 Å². The van der Waals surface area contributed by atoms with Crippen molar-refractivity contribution in [3.05, 3.63) is 59.9 Å². The molecule has 0 radical (unpaired) electrons. The molecule has 0 saturated heterocycles. The summed E-state index contributed by atoms with van der Waals surface area (Å²) in [5.74, 6) is -3.94. The van der Waals surface area contributed by atoms with Crippen molar-refractivity contribution < 1.29 is 22.8 Å². The second-order valence-electron chi connectivity index (χ2n) is 5.67. The third-order valence-electron chi connectivity index (χ3n) is 3.41. The average Bonchev–Trinajstić information content (AvgIpc) is 2.53. The number of halogens is 3. The molecule has 0 fully saturated rings. The van der Waals surface area contributed by atoms with Crippen LogP contribution in [-0.2, 0) is 9.59 Å². The molecule has 2 aromatic rings. The first-order chi connectivity index (χ1) is 11.2. The minimum atomic E-state index is -1.50. The Bertz CT molecular complexity index is 774. The zero-order chi connectivity index (χ0) is 17.9. The molecule has 126 valence electrons. The van der Waals surface area contributed by atoms with E-state index in [4.69, 9.17) is 0 Å². The summed E-state index contributed by atoms with van der Waals surface area (Å²) in [6.07, 6.45) is 0. The molecule has 0 aliphatic carbocycles. The zero-order valence-corrected chi connectivity index (χ0v) is 13.0. The van der Waals surface area contributed by atoms with Crippen molar-refractivity contribution in [2.45, 2.75) is 13.8 Å². The van der Waals surface area contributed by atoms with Gasteiger partial charge in [0.25, 0.3) is 0 Å². The highest BCUT2D eigenvalue weighted by molar-refractivity contribution is 6.13. The predicted octanol–water partition coefficient (Wildman–Crippen LogP) is 3.71. The molecule has 0 saturated carbocycles. The highest BCUT2D eigenvalue weighted by Crippen LogP contribution is 2.22. The lowest BCUT2D eigenvalue weighted by atomic mass is 9.90. The largest absolute Gasteiger partial charge is 0.325 e. The van der Waals surface area contributed by atoms with E-state index in [9.17, 15) is 22.8 Å². The molecule has 7 heteroatoms. The predicted molar refractivity (Wildman–Crippen MR) is 83.8 cm³/mol. The molecular formula is C17H15F3N2O2. The lowest BCUT2D eigenvalue weighted by Crippen LogP contribution is -2.41. The van der Waals surface area contributed by atoms with Crippen molar-refractivity contribution >= 4 is 23.2 Å². The molecule has 0 aliphatic heterocycles. The standard InChI is InChI=1S/C17H15F3N2O2/c1-17(2,15(23)21-11-5-3-10(18)4-6-11)16(24)22-12-7-8-13(19)14(20)9-12/h3-9H,1-2H3,(H,21,23)(H,22,24). The van der Waals surface area contributed by atoms with E-state index in [1.165, 1.54) is 44.2 Å². The van der Waals surface area contributed by atoms with E-state index in [1.54, 1.807) is 0 Å². The first-order valence-corrected chi connectivity index (χ1v) is 7.03. The molecule has 0 atom stereocenters. The molecule has 2 N–H and O–H groups in total. The topological polar surface area (TPSA) is 58.2 Å². The van der Waals surface area contributed by atoms with Crippen molar-refractivity contribution in [2.75, 3.05) is 10.6 Å². The van der Waals surface area contributed by atoms with Gasteiger partial charge in [-0.3, -0.25) is 9.59 Å². The maximum atomic E-state index is 13.2. The molecule has 2 rings (SSSR count). The van der Waals surface area contributed by atoms with Gasteiger partial charge in [0.05, 0.1) is 0 Å². The minimum absolute atomic E-state index is 0.0292. The maximum Gasteiger partial charge on any atom is 0.239 e. The van der Waals surface area contributed by atoms with Crippen molar-refractivity contribution in [2.24, 2.45) is 5.41 Å². The van der Waals surface area contributed by atoms with Gasteiger partial charge >= 0.3 is 0 Å². The Hall–Kier alpha value is -2.83. The molecule has 4 nitrogen and oxygen atoms in total. The van der Waals surface area contributed by atoms with E-state index in [1.807, 2.05) is 0 Å². The van der Waals surface area contributed by atoms with Gasteiger partial charge in [-0.15, -0.1) is 0 Å². The average molecular weight is 336 g/mol. The van der Waals surface area contributed by atoms with Crippen LogP contribution in [0.4, 0.5) is 24.5 Å². The summed E-state index contributed by atoms with van der Waals surface area (Å²) >= 11 is 0. The highest BCUT2D eigenvalue weighted by atomic mass is 19.2. The SMILES string of the molecule is CC(C)(C(=O)Nc1ccc(F)cc1)C(=O)Nc1ccc(F)c(F)c1. The van der Waals surface area contributed by atoms with E-state index in [2.05, 4.69) is 10.6 Å². The Morgan fingerprint density at radius 3 is 1.83 bits per heavy atom. The monoisotopic (exact) mass is 336 g/mol. The normalized spacial score (nSPS) is 11.0. The fourth-order valence-corrected chi connectivity index (χ4v) is 1.78. The van der Waals surface area contributed by atoms with Gasteiger partial charge < -0.3 is 10.6 Å². The Kier molecular flexibility index (Phi) is 4.92. The van der Waals surface area contributed by atoms with Crippen LogP contribution in [0.1, 0.15) is 13.8 Å². The third-order valence-corrected chi connectivity index (χ3v) is 3.41. The lowest BCUT2D eigenvalue weighted by Gasteiger charge is -2.22. The number of carbonyl (C=O) groups excluding carboxylic acids is 2. The number of hydrogen-bond donors (Lipinski definition) is 2. The van der Waals surface area contributed by atoms with Crippen LogP contribution in [0.25, 0.3) is 0 Å². The van der Waals surface area contributed by atoms with Crippen LogP contribution >= 0.6 is 0 Å². The van der Waals surface area contributed by atoms with Gasteiger partial charge in [-0.2, -0.15) is 0 Å². The van der Waals surface area contributed by atoms with Gasteiger partial charge in [0, 0.05) is 17.4 Å². The Labute approximate surface area is 136 Å². The number of carbonyl (C=O) groups is 2. The maximum absolute atomic E-state index is 13.2. The Morgan fingerprint density at radius 2 is 1.29 bits per heavy atom.